The van der Waals surface area contributed by atoms with Crippen LogP contribution in [0.15, 0.2) is 36.4 Å². The van der Waals surface area contributed by atoms with Gasteiger partial charge in [0.2, 0.25) is 0 Å². The molecule has 1 heterocycles. The summed E-state index contributed by atoms with van der Waals surface area (Å²) in [6.45, 7) is 9.41. The van der Waals surface area contributed by atoms with E-state index >= 15 is 0 Å². The van der Waals surface area contributed by atoms with Gasteiger partial charge in [-0.15, -0.1) is 0 Å². The second-order valence-electron chi connectivity index (χ2n) is 9.52. The van der Waals surface area contributed by atoms with E-state index in [9.17, 15) is 10.1 Å². The van der Waals surface area contributed by atoms with Crippen molar-refractivity contribution in [2.75, 3.05) is 0 Å². The second kappa shape index (κ2) is 9.43. The van der Waals surface area contributed by atoms with Gasteiger partial charge in [-0.05, 0) is 88.3 Å². The van der Waals surface area contributed by atoms with Gasteiger partial charge in [-0.2, -0.15) is 9.64 Å². The number of hydrogen-bond donors (Lipinski definition) is 1. The number of ether oxygens (including phenoxy) is 2. The fraction of sp³-hybridized carbons (Fsp3) is 0.385. The van der Waals surface area contributed by atoms with Crippen molar-refractivity contribution in [3.8, 4) is 33.8 Å². The van der Waals surface area contributed by atoms with E-state index in [1.165, 1.54) is 17.1 Å². The van der Waals surface area contributed by atoms with Crippen LogP contribution >= 0.6 is 11.5 Å². The summed E-state index contributed by atoms with van der Waals surface area (Å²) in [5, 5.41) is 13.3. The molecule has 4 rings (SSSR count). The highest BCUT2D eigenvalue weighted by molar-refractivity contribution is 7.09. The van der Waals surface area contributed by atoms with Gasteiger partial charge in [0.15, 0.2) is 5.82 Å². The summed E-state index contributed by atoms with van der Waals surface area (Å²) >= 11 is 1.33. The molecule has 1 amide bonds. The van der Waals surface area contributed by atoms with Crippen LogP contribution in [0.3, 0.4) is 0 Å². The second-order valence-corrected chi connectivity index (χ2v) is 10.3. The lowest BCUT2D eigenvalue weighted by Crippen LogP contribution is -2.34. The molecule has 1 aliphatic rings. The highest BCUT2D eigenvalue weighted by atomic mass is 32.1. The largest absolute Gasteiger partial charge is 0.490 e. The molecular weight excluding hydrogens is 448 g/mol. The van der Waals surface area contributed by atoms with Crippen molar-refractivity contribution in [3.63, 3.8) is 0 Å². The predicted molar refractivity (Wildman–Crippen MR) is 132 cm³/mol. The van der Waals surface area contributed by atoms with Crippen LogP contribution in [0.1, 0.15) is 63.8 Å². The third-order valence-electron chi connectivity index (χ3n) is 5.34. The maximum atomic E-state index is 12.3. The highest BCUT2D eigenvalue weighted by Crippen LogP contribution is 2.39. The van der Waals surface area contributed by atoms with E-state index < -0.39 is 11.7 Å². The van der Waals surface area contributed by atoms with E-state index in [1.807, 2.05) is 58.9 Å². The number of fused-ring (bicyclic) bond motifs is 1. The first-order valence-electron chi connectivity index (χ1n) is 11.3. The number of nitriles is 1. The molecule has 3 aromatic rings. The van der Waals surface area contributed by atoms with Crippen LogP contribution in [0, 0.1) is 11.3 Å². The first-order chi connectivity index (χ1) is 16.1. The number of hydrogen-bond acceptors (Lipinski definition) is 7. The lowest BCUT2D eigenvalue weighted by Gasteiger charge is -2.22. The molecule has 176 valence electrons. The number of nitrogens with one attached hydrogen (secondary N) is 1. The van der Waals surface area contributed by atoms with Gasteiger partial charge < -0.3 is 14.8 Å². The molecule has 1 aromatic heterocycles. The van der Waals surface area contributed by atoms with Gasteiger partial charge in [-0.1, -0.05) is 18.2 Å². The van der Waals surface area contributed by atoms with Crippen molar-refractivity contribution in [3.05, 3.63) is 53.1 Å². The van der Waals surface area contributed by atoms with Gasteiger partial charge in [0.25, 0.3) is 0 Å². The van der Waals surface area contributed by atoms with Gasteiger partial charge in [-0.25, -0.2) is 9.78 Å². The topological polar surface area (TPSA) is 97.1 Å². The normalized spacial score (nSPS) is 15.0. The fourth-order valence-electron chi connectivity index (χ4n) is 4.02. The first kappa shape index (κ1) is 23.7. The smallest absolute Gasteiger partial charge is 0.408 e. The maximum absolute atomic E-state index is 12.3. The molecule has 7 nitrogen and oxygen atoms in total. The average Bonchev–Trinajstić information content (AvgIpc) is 3.40. The van der Waals surface area contributed by atoms with Crippen molar-refractivity contribution >= 4 is 17.6 Å². The summed E-state index contributed by atoms with van der Waals surface area (Å²) in [6, 6.07) is 13.6. The Morgan fingerprint density at radius 2 is 2.06 bits per heavy atom. The Hall–Kier alpha value is -3.44. The maximum Gasteiger partial charge on any atom is 0.408 e. The summed E-state index contributed by atoms with van der Waals surface area (Å²) in [7, 11) is 0. The van der Waals surface area contributed by atoms with Gasteiger partial charge >= 0.3 is 6.09 Å². The number of carbonyl (C=O) groups is 1. The van der Waals surface area contributed by atoms with Gasteiger partial charge in [0, 0.05) is 11.1 Å². The van der Waals surface area contributed by atoms with Crippen LogP contribution in [0.25, 0.3) is 22.0 Å². The van der Waals surface area contributed by atoms with E-state index in [4.69, 9.17) is 14.5 Å². The molecular formula is C26H28N4O3S. The molecule has 2 aromatic carbocycles. The molecule has 8 heteroatoms. The molecule has 0 radical (unpaired) electrons. The lowest BCUT2D eigenvalue weighted by molar-refractivity contribution is 0.0503. The van der Waals surface area contributed by atoms with Crippen LogP contribution in [0.2, 0.25) is 0 Å². The van der Waals surface area contributed by atoms with Crippen molar-refractivity contribution in [1.29, 1.82) is 5.26 Å². The van der Waals surface area contributed by atoms with E-state index in [2.05, 4.69) is 15.8 Å². The standard InChI is InChI=1S/C26H28N4O3S/c1-15(2)32-22-12-9-16(13-17(22)14-27)23-29-24(34-30-23)20-8-6-7-19-18(20)10-11-21(19)28-25(31)33-26(3,4)5/h6-9,12-13,15,21H,10-11H2,1-5H3,(H,28,31)/t21-/m1/s1. The number of benzene rings is 2. The molecule has 0 spiro atoms. The summed E-state index contributed by atoms with van der Waals surface area (Å²) < 4.78 is 15.7. The van der Waals surface area contributed by atoms with E-state index in [0.29, 0.717) is 17.1 Å². The number of amides is 1. The number of nitrogens with zero attached hydrogens (tertiary/aromatic N) is 3. The molecule has 1 N–H and O–H groups in total. The summed E-state index contributed by atoms with van der Waals surface area (Å²) in [5.74, 6) is 1.13. The fourth-order valence-corrected chi connectivity index (χ4v) is 4.75. The van der Waals surface area contributed by atoms with Crippen molar-refractivity contribution in [2.24, 2.45) is 0 Å². The average molecular weight is 477 g/mol. The van der Waals surface area contributed by atoms with Crippen molar-refractivity contribution in [2.45, 2.75) is 65.2 Å². The molecule has 1 aliphatic carbocycles. The molecule has 0 saturated heterocycles. The molecule has 0 saturated carbocycles. The Bertz CT molecular complexity index is 1250. The van der Waals surface area contributed by atoms with Crippen LogP contribution < -0.4 is 10.1 Å². The number of aromatic nitrogens is 2. The summed E-state index contributed by atoms with van der Waals surface area (Å²) in [6.07, 6.45) is 1.21. The Morgan fingerprint density at radius 1 is 1.26 bits per heavy atom. The summed E-state index contributed by atoms with van der Waals surface area (Å²) in [4.78, 5) is 17.1. The minimum absolute atomic E-state index is 0.0178. The summed E-state index contributed by atoms with van der Waals surface area (Å²) in [5.41, 5.74) is 3.97. The number of rotatable bonds is 5. The minimum atomic E-state index is -0.541. The monoisotopic (exact) mass is 476 g/mol. The molecule has 0 fully saturated rings. The van der Waals surface area contributed by atoms with Gasteiger partial charge in [0.1, 0.15) is 22.4 Å². The molecule has 1 atom stereocenters. The van der Waals surface area contributed by atoms with Crippen LogP contribution in [0.4, 0.5) is 4.79 Å². The molecule has 0 aliphatic heterocycles. The SMILES string of the molecule is CC(C)Oc1ccc(-c2nsc(-c3cccc4c3CC[C@H]4NC(=O)OC(C)(C)C)n2)cc1C#N. The highest BCUT2D eigenvalue weighted by Gasteiger charge is 2.29. The Balaban J connectivity index is 1.58. The van der Waals surface area contributed by atoms with Crippen LogP contribution in [-0.4, -0.2) is 27.2 Å². The van der Waals surface area contributed by atoms with E-state index in [0.717, 1.165) is 34.5 Å². The number of alkyl carbamates (subject to hydrolysis) is 1. The van der Waals surface area contributed by atoms with E-state index in [1.54, 1.807) is 12.1 Å². The lowest BCUT2D eigenvalue weighted by atomic mass is 10.0. The molecule has 0 unspecified atom stereocenters. The zero-order chi connectivity index (χ0) is 24.5. The van der Waals surface area contributed by atoms with Crippen LogP contribution in [0.5, 0.6) is 5.75 Å². The van der Waals surface area contributed by atoms with Crippen LogP contribution in [-0.2, 0) is 11.2 Å². The van der Waals surface area contributed by atoms with E-state index in [-0.39, 0.29) is 12.1 Å². The van der Waals surface area contributed by atoms with Crippen molar-refractivity contribution in [1.82, 2.24) is 14.7 Å². The predicted octanol–water partition coefficient (Wildman–Crippen LogP) is 6.04. The third kappa shape index (κ3) is 5.20. The zero-order valence-corrected chi connectivity index (χ0v) is 20.8. The van der Waals surface area contributed by atoms with Gasteiger partial charge in [-0.3, -0.25) is 0 Å². The Morgan fingerprint density at radius 3 is 2.76 bits per heavy atom. The number of carbonyl (C=O) groups excluding carboxylic acids is 1. The quantitative estimate of drug-likeness (QED) is 0.482. The van der Waals surface area contributed by atoms with Gasteiger partial charge in [0.05, 0.1) is 17.7 Å². The third-order valence-corrected chi connectivity index (χ3v) is 6.09. The first-order valence-corrected chi connectivity index (χ1v) is 12.1. The minimum Gasteiger partial charge on any atom is -0.490 e. The Kier molecular flexibility index (Phi) is 6.58. The zero-order valence-electron chi connectivity index (χ0n) is 20.0. The Labute approximate surface area is 203 Å². The van der Waals surface area contributed by atoms with Crippen molar-refractivity contribution < 1.29 is 14.3 Å². The molecule has 34 heavy (non-hydrogen) atoms. The molecule has 0 bridgehead atoms.